The van der Waals surface area contributed by atoms with Crippen LogP contribution < -0.4 is 4.74 Å². The third-order valence-electron chi connectivity index (χ3n) is 3.53. The lowest BCUT2D eigenvalue weighted by atomic mass is 10.1. The van der Waals surface area contributed by atoms with Crippen molar-refractivity contribution in [1.29, 1.82) is 0 Å². The zero-order valence-corrected chi connectivity index (χ0v) is 12.7. The molecule has 0 atom stereocenters. The van der Waals surface area contributed by atoms with Gasteiger partial charge in [0, 0.05) is 43.2 Å². The first-order valence-electron chi connectivity index (χ1n) is 7.25. The first kappa shape index (κ1) is 15.3. The maximum Gasteiger partial charge on any atom is 0.308 e. The van der Waals surface area contributed by atoms with E-state index in [1.807, 2.05) is 30.5 Å². The number of carbonyl (C=O) groups excluding carboxylic acids is 1. The van der Waals surface area contributed by atoms with E-state index in [2.05, 4.69) is 23.4 Å². The standard InChI is InChI=1S/C17H22N2O2/c1-4-9-19(5-2)10-8-14-12-18-17-11-15(21-13(3)20)6-7-16(14)17/h4,6-7,11-12,18H,1,5,8-10H2,2-3H3. The number of rotatable bonds is 7. The van der Waals surface area contributed by atoms with E-state index in [9.17, 15) is 4.79 Å². The molecular weight excluding hydrogens is 264 g/mol. The summed E-state index contributed by atoms with van der Waals surface area (Å²) in [6.45, 7) is 10.3. The van der Waals surface area contributed by atoms with Crippen molar-refractivity contribution in [2.45, 2.75) is 20.3 Å². The van der Waals surface area contributed by atoms with Gasteiger partial charge in [0.2, 0.25) is 0 Å². The van der Waals surface area contributed by atoms with Gasteiger partial charge in [-0.25, -0.2) is 0 Å². The molecule has 0 radical (unpaired) electrons. The Hall–Kier alpha value is -2.07. The molecule has 0 saturated heterocycles. The topological polar surface area (TPSA) is 45.3 Å². The Bertz CT molecular complexity index is 631. The van der Waals surface area contributed by atoms with Crippen molar-refractivity contribution in [2.75, 3.05) is 19.6 Å². The number of esters is 1. The van der Waals surface area contributed by atoms with Crippen molar-refractivity contribution >= 4 is 16.9 Å². The Morgan fingerprint density at radius 3 is 2.95 bits per heavy atom. The van der Waals surface area contributed by atoms with E-state index in [1.54, 1.807) is 0 Å². The normalized spacial score (nSPS) is 11.0. The number of hydrogen-bond acceptors (Lipinski definition) is 3. The van der Waals surface area contributed by atoms with E-state index < -0.39 is 0 Å². The summed E-state index contributed by atoms with van der Waals surface area (Å²) in [7, 11) is 0. The van der Waals surface area contributed by atoms with Gasteiger partial charge in [-0.05, 0) is 30.7 Å². The minimum Gasteiger partial charge on any atom is -0.427 e. The highest BCUT2D eigenvalue weighted by atomic mass is 16.5. The first-order valence-corrected chi connectivity index (χ1v) is 7.25. The molecule has 1 N–H and O–H groups in total. The van der Waals surface area contributed by atoms with Crippen molar-refractivity contribution in [3.63, 3.8) is 0 Å². The summed E-state index contributed by atoms with van der Waals surface area (Å²) in [6.07, 6.45) is 4.95. The molecule has 1 aromatic carbocycles. The molecule has 0 fully saturated rings. The van der Waals surface area contributed by atoms with Crippen molar-refractivity contribution in [3.05, 3.63) is 42.6 Å². The summed E-state index contributed by atoms with van der Waals surface area (Å²) in [5, 5.41) is 1.18. The fraction of sp³-hybridized carbons (Fsp3) is 0.353. The van der Waals surface area contributed by atoms with E-state index in [4.69, 9.17) is 4.74 Å². The molecule has 2 rings (SSSR count). The molecule has 1 aromatic heterocycles. The van der Waals surface area contributed by atoms with Gasteiger partial charge in [0.05, 0.1) is 0 Å². The molecule has 0 unspecified atom stereocenters. The van der Waals surface area contributed by atoms with Crippen LogP contribution in [0.4, 0.5) is 0 Å². The van der Waals surface area contributed by atoms with Crippen LogP contribution in [0.25, 0.3) is 10.9 Å². The van der Waals surface area contributed by atoms with Crippen LogP contribution in [0.5, 0.6) is 5.75 Å². The van der Waals surface area contributed by atoms with Crippen molar-refractivity contribution in [1.82, 2.24) is 9.88 Å². The van der Waals surface area contributed by atoms with Crippen LogP contribution in [0, 0.1) is 0 Å². The summed E-state index contributed by atoms with van der Waals surface area (Å²) >= 11 is 0. The highest BCUT2D eigenvalue weighted by Gasteiger charge is 2.08. The lowest BCUT2D eigenvalue weighted by molar-refractivity contribution is -0.131. The van der Waals surface area contributed by atoms with Gasteiger partial charge in [-0.1, -0.05) is 13.0 Å². The Morgan fingerprint density at radius 2 is 2.29 bits per heavy atom. The predicted molar refractivity (Wildman–Crippen MR) is 85.6 cm³/mol. The first-order chi connectivity index (χ1) is 10.1. The number of hydrogen-bond donors (Lipinski definition) is 1. The molecule has 0 aliphatic carbocycles. The average Bonchev–Trinajstić information content (AvgIpc) is 2.85. The number of nitrogens with zero attached hydrogens (tertiary/aromatic N) is 1. The second kappa shape index (κ2) is 7.09. The van der Waals surface area contributed by atoms with Gasteiger partial charge in [0.15, 0.2) is 0 Å². The molecule has 21 heavy (non-hydrogen) atoms. The second-order valence-corrected chi connectivity index (χ2v) is 5.05. The fourth-order valence-electron chi connectivity index (χ4n) is 2.44. The highest BCUT2D eigenvalue weighted by Crippen LogP contribution is 2.24. The number of aromatic amines is 1. The van der Waals surface area contributed by atoms with E-state index in [0.717, 1.165) is 31.6 Å². The molecule has 112 valence electrons. The summed E-state index contributed by atoms with van der Waals surface area (Å²) in [5.74, 6) is 0.273. The number of nitrogens with one attached hydrogen (secondary N) is 1. The van der Waals surface area contributed by atoms with Crippen LogP contribution >= 0.6 is 0 Å². The van der Waals surface area contributed by atoms with Gasteiger partial charge in [0.1, 0.15) is 5.75 Å². The van der Waals surface area contributed by atoms with Crippen LogP contribution in [0.15, 0.2) is 37.1 Å². The molecule has 0 bridgehead atoms. The Kier molecular flexibility index (Phi) is 5.17. The maximum atomic E-state index is 11.0. The monoisotopic (exact) mass is 286 g/mol. The largest absolute Gasteiger partial charge is 0.427 e. The SMILES string of the molecule is C=CCN(CC)CCc1c[nH]c2cc(OC(C)=O)ccc12. The Morgan fingerprint density at radius 1 is 1.48 bits per heavy atom. The molecule has 0 aliphatic rings. The van der Waals surface area contributed by atoms with Crippen LogP contribution in [-0.4, -0.2) is 35.5 Å². The van der Waals surface area contributed by atoms with Crippen LogP contribution in [-0.2, 0) is 11.2 Å². The van der Waals surface area contributed by atoms with E-state index in [0.29, 0.717) is 5.75 Å². The summed E-state index contributed by atoms with van der Waals surface area (Å²) in [5.41, 5.74) is 2.28. The Labute approximate surface area is 125 Å². The number of carbonyl (C=O) groups is 1. The molecule has 0 spiro atoms. The molecule has 4 nitrogen and oxygen atoms in total. The lowest BCUT2D eigenvalue weighted by Crippen LogP contribution is -2.25. The van der Waals surface area contributed by atoms with Crippen LogP contribution in [0.2, 0.25) is 0 Å². The van der Waals surface area contributed by atoms with Crippen LogP contribution in [0.3, 0.4) is 0 Å². The van der Waals surface area contributed by atoms with Gasteiger partial charge in [0.25, 0.3) is 0 Å². The van der Waals surface area contributed by atoms with E-state index >= 15 is 0 Å². The zero-order valence-electron chi connectivity index (χ0n) is 12.7. The summed E-state index contributed by atoms with van der Waals surface area (Å²) in [6, 6.07) is 5.70. The summed E-state index contributed by atoms with van der Waals surface area (Å²) < 4.78 is 5.10. The number of ether oxygens (including phenoxy) is 1. The van der Waals surface area contributed by atoms with Gasteiger partial charge in [-0.15, -0.1) is 6.58 Å². The molecule has 0 amide bonds. The van der Waals surface area contributed by atoms with Gasteiger partial charge < -0.3 is 9.72 Å². The average molecular weight is 286 g/mol. The quantitative estimate of drug-likeness (QED) is 0.483. The lowest BCUT2D eigenvalue weighted by Gasteiger charge is -2.17. The minimum atomic E-state index is -0.302. The van der Waals surface area contributed by atoms with Crippen molar-refractivity contribution in [2.24, 2.45) is 0 Å². The van der Waals surface area contributed by atoms with E-state index in [-0.39, 0.29) is 5.97 Å². The molecule has 1 heterocycles. The number of benzene rings is 1. The second-order valence-electron chi connectivity index (χ2n) is 5.05. The van der Waals surface area contributed by atoms with Gasteiger partial charge in [-0.2, -0.15) is 0 Å². The van der Waals surface area contributed by atoms with Crippen molar-refractivity contribution in [3.8, 4) is 5.75 Å². The molecule has 0 aliphatic heterocycles. The highest BCUT2D eigenvalue weighted by molar-refractivity contribution is 5.85. The van der Waals surface area contributed by atoms with Crippen molar-refractivity contribution < 1.29 is 9.53 Å². The smallest absolute Gasteiger partial charge is 0.308 e. The third-order valence-corrected chi connectivity index (χ3v) is 3.53. The number of fused-ring (bicyclic) bond motifs is 1. The molecule has 0 saturated carbocycles. The predicted octanol–water partition coefficient (Wildman–Crippen LogP) is 3.14. The molecule has 4 heteroatoms. The van der Waals surface area contributed by atoms with Gasteiger partial charge in [-0.3, -0.25) is 9.69 Å². The van der Waals surface area contributed by atoms with Crippen LogP contribution in [0.1, 0.15) is 19.4 Å². The number of likely N-dealkylation sites (N-methyl/N-ethyl adjacent to an activating group) is 1. The summed E-state index contributed by atoms with van der Waals surface area (Å²) in [4.78, 5) is 16.6. The number of H-pyrrole nitrogens is 1. The Balaban J connectivity index is 2.11. The third kappa shape index (κ3) is 3.95. The fourth-order valence-corrected chi connectivity index (χ4v) is 2.44. The molecular formula is C17H22N2O2. The minimum absolute atomic E-state index is 0.302. The molecule has 2 aromatic rings. The maximum absolute atomic E-state index is 11.0. The number of aromatic nitrogens is 1. The zero-order chi connectivity index (χ0) is 15.2. The van der Waals surface area contributed by atoms with E-state index in [1.165, 1.54) is 17.9 Å². The van der Waals surface area contributed by atoms with Gasteiger partial charge >= 0.3 is 5.97 Å².